The van der Waals surface area contributed by atoms with Gasteiger partial charge in [0.1, 0.15) is 0 Å². The molecule has 0 aliphatic carbocycles. The highest BCUT2D eigenvalue weighted by Crippen LogP contribution is 2.21. The predicted octanol–water partition coefficient (Wildman–Crippen LogP) is 3.45. The molecular formula is C16H13N3O3S. The van der Waals surface area contributed by atoms with Gasteiger partial charge in [0.05, 0.1) is 21.5 Å². The quantitative estimate of drug-likeness (QED) is 0.420. The van der Waals surface area contributed by atoms with Crippen LogP contribution in [-0.2, 0) is 6.54 Å². The van der Waals surface area contributed by atoms with Crippen LogP contribution in [0.5, 0.6) is 0 Å². The van der Waals surface area contributed by atoms with Crippen molar-refractivity contribution >= 4 is 28.8 Å². The molecular weight excluding hydrogens is 314 g/mol. The van der Waals surface area contributed by atoms with E-state index in [0.29, 0.717) is 27.9 Å². The van der Waals surface area contributed by atoms with Crippen LogP contribution in [-0.4, -0.2) is 14.1 Å². The van der Waals surface area contributed by atoms with Crippen LogP contribution in [0.2, 0.25) is 0 Å². The van der Waals surface area contributed by atoms with Crippen molar-refractivity contribution in [3.8, 4) is 5.69 Å². The molecule has 0 fully saturated rings. The van der Waals surface area contributed by atoms with Crippen LogP contribution in [0.4, 0.5) is 5.69 Å². The van der Waals surface area contributed by atoms with Crippen LogP contribution in [0, 0.1) is 14.9 Å². The second kappa shape index (κ2) is 5.77. The van der Waals surface area contributed by atoms with Gasteiger partial charge in [-0.3, -0.25) is 24.0 Å². The van der Waals surface area contributed by atoms with Gasteiger partial charge in [-0.05, 0) is 37.3 Å². The van der Waals surface area contributed by atoms with E-state index in [2.05, 4.69) is 0 Å². The summed E-state index contributed by atoms with van der Waals surface area (Å²) in [6, 6.07) is 13.3. The van der Waals surface area contributed by atoms with Gasteiger partial charge in [-0.1, -0.05) is 18.2 Å². The maximum atomic E-state index is 12.5. The molecule has 2 aromatic carbocycles. The summed E-state index contributed by atoms with van der Waals surface area (Å²) >= 11 is 5.45. The van der Waals surface area contributed by atoms with Crippen molar-refractivity contribution < 1.29 is 4.92 Å². The van der Waals surface area contributed by atoms with Gasteiger partial charge in [-0.2, -0.15) is 0 Å². The van der Waals surface area contributed by atoms with E-state index in [0.717, 1.165) is 0 Å². The Labute approximate surface area is 136 Å². The van der Waals surface area contributed by atoms with Crippen molar-refractivity contribution in [3.05, 3.63) is 73.8 Å². The van der Waals surface area contributed by atoms with E-state index in [9.17, 15) is 14.9 Å². The standard InChI is InChI=1S/C16H13N3O3S/c1-2-17-15(20)13-8-3-4-9-14(13)18(16(17)23)11-6-5-7-12(10-11)19(21)22/h3-10H,2H2,1H3. The molecule has 1 heterocycles. The maximum Gasteiger partial charge on any atom is 0.271 e. The average molecular weight is 327 g/mol. The molecule has 0 atom stereocenters. The molecule has 0 aliphatic rings. The summed E-state index contributed by atoms with van der Waals surface area (Å²) in [5.74, 6) is 0. The fraction of sp³-hybridized carbons (Fsp3) is 0.125. The van der Waals surface area contributed by atoms with Crippen molar-refractivity contribution in [1.29, 1.82) is 0 Å². The zero-order chi connectivity index (χ0) is 16.6. The summed E-state index contributed by atoms with van der Waals surface area (Å²) in [4.78, 5) is 23.1. The Bertz CT molecular complexity index is 1040. The monoisotopic (exact) mass is 327 g/mol. The normalized spacial score (nSPS) is 10.8. The summed E-state index contributed by atoms with van der Waals surface area (Å²) in [5.41, 5.74) is 1.01. The Morgan fingerprint density at radius 3 is 2.61 bits per heavy atom. The molecule has 0 spiro atoms. The molecule has 7 heteroatoms. The summed E-state index contributed by atoms with van der Waals surface area (Å²) in [6.45, 7) is 2.27. The molecule has 0 N–H and O–H groups in total. The van der Waals surface area contributed by atoms with E-state index in [-0.39, 0.29) is 11.2 Å². The zero-order valence-electron chi connectivity index (χ0n) is 12.3. The smallest absolute Gasteiger partial charge is 0.271 e. The SMILES string of the molecule is CCn1c(=O)c2ccccc2n(-c2cccc([N+](=O)[O-])c2)c1=S. The van der Waals surface area contributed by atoms with E-state index in [1.54, 1.807) is 41.0 Å². The lowest BCUT2D eigenvalue weighted by Gasteiger charge is -2.15. The van der Waals surface area contributed by atoms with Gasteiger partial charge >= 0.3 is 0 Å². The van der Waals surface area contributed by atoms with E-state index >= 15 is 0 Å². The number of para-hydroxylation sites is 1. The number of hydrogen-bond acceptors (Lipinski definition) is 4. The van der Waals surface area contributed by atoms with E-state index in [1.807, 2.05) is 6.92 Å². The molecule has 1 aromatic heterocycles. The number of nitro benzene ring substituents is 1. The van der Waals surface area contributed by atoms with Gasteiger partial charge in [0, 0.05) is 18.7 Å². The van der Waals surface area contributed by atoms with Gasteiger partial charge in [0.2, 0.25) is 0 Å². The van der Waals surface area contributed by atoms with Crippen molar-refractivity contribution in [2.45, 2.75) is 13.5 Å². The van der Waals surface area contributed by atoms with Crippen LogP contribution < -0.4 is 5.56 Å². The second-order valence-electron chi connectivity index (χ2n) is 4.96. The summed E-state index contributed by atoms with van der Waals surface area (Å²) in [5, 5.41) is 11.5. The molecule has 0 saturated heterocycles. The molecule has 116 valence electrons. The fourth-order valence-corrected chi connectivity index (χ4v) is 3.00. The average Bonchev–Trinajstić information content (AvgIpc) is 2.56. The third kappa shape index (κ3) is 2.44. The Balaban J connectivity index is 2.47. The topological polar surface area (TPSA) is 70.1 Å². The fourth-order valence-electron chi connectivity index (χ4n) is 2.58. The summed E-state index contributed by atoms with van der Waals surface area (Å²) in [6.07, 6.45) is 0. The number of hydrogen-bond donors (Lipinski definition) is 0. The molecule has 0 radical (unpaired) electrons. The number of nitro groups is 1. The van der Waals surface area contributed by atoms with E-state index in [4.69, 9.17) is 12.2 Å². The van der Waals surface area contributed by atoms with Gasteiger partial charge in [-0.25, -0.2) is 0 Å². The number of non-ortho nitro benzene ring substituents is 1. The second-order valence-corrected chi connectivity index (χ2v) is 5.33. The Morgan fingerprint density at radius 1 is 1.17 bits per heavy atom. The van der Waals surface area contributed by atoms with Gasteiger partial charge in [-0.15, -0.1) is 0 Å². The molecule has 23 heavy (non-hydrogen) atoms. The number of rotatable bonds is 3. The molecule has 3 aromatic rings. The number of aromatic nitrogens is 2. The van der Waals surface area contributed by atoms with Crippen molar-refractivity contribution in [2.75, 3.05) is 0 Å². The minimum Gasteiger partial charge on any atom is -0.286 e. The van der Waals surface area contributed by atoms with Gasteiger partial charge in [0.25, 0.3) is 11.2 Å². The number of nitrogens with zero attached hydrogens (tertiary/aromatic N) is 3. The van der Waals surface area contributed by atoms with Crippen molar-refractivity contribution in [3.63, 3.8) is 0 Å². The van der Waals surface area contributed by atoms with Crippen LogP contribution in [0.1, 0.15) is 6.92 Å². The minimum absolute atomic E-state index is 0.0253. The van der Waals surface area contributed by atoms with E-state index in [1.165, 1.54) is 16.7 Å². The van der Waals surface area contributed by atoms with Crippen molar-refractivity contribution in [2.24, 2.45) is 0 Å². The molecule has 3 rings (SSSR count). The number of fused-ring (bicyclic) bond motifs is 1. The van der Waals surface area contributed by atoms with Crippen molar-refractivity contribution in [1.82, 2.24) is 9.13 Å². The van der Waals surface area contributed by atoms with E-state index < -0.39 is 4.92 Å². The highest BCUT2D eigenvalue weighted by molar-refractivity contribution is 7.71. The Kier molecular flexibility index (Phi) is 3.79. The lowest BCUT2D eigenvalue weighted by atomic mass is 10.2. The minimum atomic E-state index is -0.453. The van der Waals surface area contributed by atoms with Crippen LogP contribution >= 0.6 is 12.2 Å². The molecule has 0 aliphatic heterocycles. The third-order valence-electron chi connectivity index (χ3n) is 3.66. The van der Waals surface area contributed by atoms with Crippen LogP contribution in [0.25, 0.3) is 16.6 Å². The third-order valence-corrected chi connectivity index (χ3v) is 4.06. The zero-order valence-corrected chi connectivity index (χ0v) is 13.1. The Morgan fingerprint density at radius 2 is 1.91 bits per heavy atom. The lowest BCUT2D eigenvalue weighted by Crippen LogP contribution is -2.24. The first kappa shape index (κ1) is 15.1. The first-order valence-electron chi connectivity index (χ1n) is 7.04. The maximum absolute atomic E-state index is 12.5. The highest BCUT2D eigenvalue weighted by atomic mass is 32.1. The van der Waals surface area contributed by atoms with Gasteiger partial charge < -0.3 is 0 Å². The summed E-state index contributed by atoms with van der Waals surface area (Å²) in [7, 11) is 0. The molecule has 0 amide bonds. The van der Waals surface area contributed by atoms with Crippen LogP contribution in [0.15, 0.2) is 53.3 Å². The molecule has 6 nitrogen and oxygen atoms in total. The predicted molar refractivity (Wildman–Crippen MR) is 90.7 cm³/mol. The van der Waals surface area contributed by atoms with Gasteiger partial charge in [0.15, 0.2) is 4.77 Å². The Hall–Kier alpha value is -2.80. The van der Waals surface area contributed by atoms with Crippen LogP contribution in [0.3, 0.4) is 0 Å². The lowest BCUT2D eigenvalue weighted by molar-refractivity contribution is -0.384. The first-order chi connectivity index (χ1) is 11.0. The highest BCUT2D eigenvalue weighted by Gasteiger charge is 2.13. The number of benzene rings is 2. The molecule has 0 unspecified atom stereocenters. The first-order valence-corrected chi connectivity index (χ1v) is 7.45. The summed E-state index contributed by atoms with van der Waals surface area (Å²) < 4.78 is 3.50. The largest absolute Gasteiger partial charge is 0.286 e. The molecule has 0 saturated carbocycles. The molecule has 0 bridgehead atoms.